The largest absolute Gasteiger partial charge is 0.310 e. The molecule has 8 aromatic carbocycles. The van der Waals surface area contributed by atoms with E-state index in [0.717, 1.165) is 5.69 Å². The minimum atomic E-state index is -0.450. The van der Waals surface area contributed by atoms with Gasteiger partial charge in [-0.1, -0.05) is 153 Å². The van der Waals surface area contributed by atoms with Gasteiger partial charge in [-0.3, -0.25) is 0 Å². The second-order valence-corrected chi connectivity index (χ2v) is 17.3. The third-order valence-electron chi connectivity index (χ3n) is 12.7. The van der Waals surface area contributed by atoms with Crippen LogP contribution in [0.4, 0.5) is 17.1 Å². The Hall–Kier alpha value is -6.09. The molecule has 0 fully saturated rings. The smallest absolute Gasteiger partial charge is 0.0736 e. The normalized spacial score (nSPS) is 14.6. The zero-order valence-electron chi connectivity index (χ0n) is 32.1. The number of benzene rings is 8. The first-order chi connectivity index (χ1) is 27.4. The molecule has 1 spiro atoms. The molecule has 268 valence electrons. The van der Waals surface area contributed by atoms with Gasteiger partial charge in [0, 0.05) is 26.6 Å². The highest BCUT2D eigenvalue weighted by molar-refractivity contribution is 7.99. The molecule has 0 saturated heterocycles. The van der Waals surface area contributed by atoms with E-state index in [1.54, 1.807) is 0 Å². The third kappa shape index (κ3) is 4.57. The van der Waals surface area contributed by atoms with Crippen LogP contribution in [-0.4, -0.2) is 0 Å². The van der Waals surface area contributed by atoms with Crippen molar-refractivity contribution in [2.75, 3.05) is 4.90 Å². The molecule has 0 aromatic heterocycles. The minimum absolute atomic E-state index is 0.119. The van der Waals surface area contributed by atoms with Crippen molar-refractivity contribution >= 4 is 28.8 Å². The van der Waals surface area contributed by atoms with Gasteiger partial charge in [0.15, 0.2) is 0 Å². The summed E-state index contributed by atoms with van der Waals surface area (Å²) >= 11 is 1.90. The highest BCUT2D eigenvalue weighted by atomic mass is 32.2. The maximum Gasteiger partial charge on any atom is 0.0736 e. The summed E-state index contributed by atoms with van der Waals surface area (Å²) in [5, 5.41) is 0. The van der Waals surface area contributed by atoms with Crippen molar-refractivity contribution in [3.8, 4) is 33.4 Å². The molecular formula is C54H41NS. The molecule has 0 bridgehead atoms. The lowest BCUT2D eigenvalue weighted by Crippen LogP contribution is -2.32. The van der Waals surface area contributed by atoms with Crippen molar-refractivity contribution in [3.05, 3.63) is 220 Å². The Kier molecular flexibility index (Phi) is 7.25. The number of hydrogen-bond acceptors (Lipinski definition) is 2. The average Bonchev–Trinajstić information content (AvgIpc) is 3.64. The second-order valence-electron chi connectivity index (χ2n) is 16.2. The van der Waals surface area contributed by atoms with Gasteiger partial charge < -0.3 is 4.90 Å². The maximum absolute atomic E-state index is 2.55. The number of aryl methyl sites for hydroxylation is 2. The quantitative estimate of drug-likeness (QED) is 0.177. The van der Waals surface area contributed by atoms with Gasteiger partial charge in [0.25, 0.3) is 0 Å². The maximum atomic E-state index is 2.55. The summed E-state index contributed by atoms with van der Waals surface area (Å²) in [6, 6.07) is 66.2. The molecule has 2 aliphatic carbocycles. The van der Waals surface area contributed by atoms with Crippen LogP contribution in [0.25, 0.3) is 33.4 Å². The van der Waals surface area contributed by atoms with Crippen molar-refractivity contribution in [1.82, 2.24) is 0 Å². The highest BCUT2D eigenvalue weighted by Crippen LogP contribution is 2.63. The standard InChI is InChI=1S/C54H41NS/c1-34-30-37(36-16-6-5-7-17-36)31-35(2)52(34)55(38-26-28-42-40-18-8-10-20-44(40)53(3,4)48(42)32-38)39-27-29-43-41-19-9-11-21-45(41)54(49(43)33-39)46-22-12-14-24-50(46)56-51-25-15-13-23-47(51)54/h5-33H,1-4H3. The molecule has 1 nitrogen and oxygen atoms in total. The Morgan fingerprint density at radius 1 is 0.393 bits per heavy atom. The first-order valence-electron chi connectivity index (χ1n) is 19.7. The van der Waals surface area contributed by atoms with Crippen molar-refractivity contribution in [3.63, 3.8) is 0 Å². The molecule has 1 heterocycles. The zero-order valence-corrected chi connectivity index (χ0v) is 32.9. The number of fused-ring (bicyclic) bond motifs is 12. The topological polar surface area (TPSA) is 3.24 Å². The predicted molar refractivity (Wildman–Crippen MR) is 235 cm³/mol. The second kappa shape index (κ2) is 12.2. The van der Waals surface area contributed by atoms with Crippen LogP contribution in [0.15, 0.2) is 186 Å². The first-order valence-corrected chi connectivity index (χ1v) is 20.5. The summed E-state index contributed by atoms with van der Waals surface area (Å²) in [4.78, 5) is 5.19. The molecular weight excluding hydrogens is 695 g/mol. The van der Waals surface area contributed by atoms with Crippen molar-refractivity contribution in [2.24, 2.45) is 0 Å². The summed E-state index contributed by atoms with van der Waals surface area (Å²) in [5.74, 6) is 0. The van der Waals surface area contributed by atoms with Crippen LogP contribution in [0.2, 0.25) is 0 Å². The van der Waals surface area contributed by atoms with Gasteiger partial charge in [-0.25, -0.2) is 0 Å². The SMILES string of the molecule is Cc1cc(-c2ccccc2)cc(C)c1N(c1ccc2c(c1)C(C)(C)c1ccccc1-2)c1ccc2c(c1)C1(c3ccccc3Sc3ccccc31)c1ccccc1-2. The lowest BCUT2D eigenvalue weighted by molar-refractivity contribution is 0.660. The van der Waals surface area contributed by atoms with E-state index in [-0.39, 0.29) is 5.41 Å². The first kappa shape index (κ1) is 33.3. The Labute approximate surface area is 334 Å². The fourth-order valence-electron chi connectivity index (χ4n) is 10.3. The number of anilines is 3. The molecule has 0 saturated carbocycles. The molecule has 1 aliphatic heterocycles. The summed E-state index contributed by atoms with van der Waals surface area (Å²) in [5.41, 5.74) is 21.4. The van der Waals surface area contributed by atoms with E-state index in [9.17, 15) is 0 Å². The van der Waals surface area contributed by atoms with E-state index in [2.05, 4.69) is 209 Å². The van der Waals surface area contributed by atoms with Gasteiger partial charge in [0.2, 0.25) is 0 Å². The molecule has 0 unspecified atom stereocenters. The number of rotatable bonds is 4. The number of nitrogens with zero attached hydrogens (tertiary/aromatic N) is 1. The predicted octanol–water partition coefficient (Wildman–Crippen LogP) is 14.6. The Bertz CT molecular complexity index is 2830. The summed E-state index contributed by atoms with van der Waals surface area (Å²) < 4.78 is 0. The van der Waals surface area contributed by atoms with Gasteiger partial charge in [-0.15, -0.1) is 0 Å². The van der Waals surface area contributed by atoms with Gasteiger partial charge in [0.1, 0.15) is 0 Å². The van der Waals surface area contributed by atoms with Gasteiger partial charge in [-0.05, 0) is 140 Å². The van der Waals surface area contributed by atoms with Crippen LogP contribution in [-0.2, 0) is 10.8 Å². The molecule has 0 radical (unpaired) electrons. The van der Waals surface area contributed by atoms with Crippen LogP contribution in [0.5, 0.6) is 0 Å². The van der Waals surface area contributed by atoms with E-state index >= 15 is 0 Å². The fourth-order valence-corrected chi connectivity index (χ4v) is 11.5. The average molecular weight is 736 g/mol. The van der Waals surface area contributed by atoms with Crippen LogP contribution < -0.4 is 4.90 Å². The molecule has 2 heteroatoms. The van der Waals surface area contributed by atoms with Crippen molar-refractivity contribution in [2.45, 2.75) is 48.3 Å². The van der Waals surface area contributed by atoms with E-state index < -0.39 is 5.41 Å². The van der Waals surface area contributed by atoms with E-state index in [4.69, 9.17) is 0 Å². The van der Waals surface area contributed by atoms with Crippen molar-refractivity contribution < 1.29 is 0 Å². The lowest BCUT2D eigenvalue weighted by Gasteiger charge is -2.40. The van der Waals surface area contributed by atoms with E-state index in [1.807, 2.05) is 11.8 Å². The minimum Gasteiger partial charge on any atom is -0.310 e. The highest BCUT2D eigenvalue weighted by Gasteiger charge is 2.50. The fraction of sp³-hybridized carbons (Fsp3) is 0.111. The number of hydrogen-bond donors (Lipinski definition) is 0. The van der Waals surface area contributed by atoms with E-state index in [1.165, 1.54) is 99.1 Å². The van der Waals surface area contributed by atoms with Gasteiger partial charge in [-0.2, -0.15) is 0 Å². The molecule has 0 N–H and O–H groups in total. The molecule has 56 heavy (non-hydrogen) atoms. The summed E-state index contributed by atoms with van der Waals surface area (Å²) in [6.07, 6.45) is 0. The zero-order chi connectivity index (χ0) is 37.8. The third-order valence-corrected chi connectivity index (χ3v) is 13.9. The Balaban J connectivity index is 1.19. The van der Waals surface area contributed by atoms with Gasteiger partial charge >= 0.3 is 0 Å². The molecule has 11 rings (SSSR count). The van der Waals surface area contributed by atoms with Crippen molar-refractivity contribution in [1.29, 1.82) is 0 Å². The molecule has 3 aliphatic rings. The molecule has 0 amide bonds. The van der Waals surface area contributed by atoms with Crippen LogP contribution in [0, 0.1) is 13.8 Å². The van der Waals surface area contributed by atoms with E-state index in [0.29, 0.717) is 0 Å². The van der Waals surface area contributed by atoms with Crippen LogP contribution in [0.1, 0.15) is 58.4 Å². The van der Waals surface area contributed by atoms with Crippen LogP contribution >= 0.6 is 11.8 Å². The Morgan fingerprint density at radius 3 is 1.48 bits per heavy atom. The van der Waals surface area contributed by atoms with Crippen LogP contribution in [0.3, 0.4) is 0 Å². The lowest BCUT2D eigenvalue weighted by atomic mass is 9.67. The Morgan fingerprint density at radius 2 is 0.857 bits per heavy atom. The molecule has 8 aromatic rings. The van der Waals surface area contributed by atoms with Gasteiger partial charge in [0.05, 0.1) is 11.1 Å². The monoisotopic (exact) mass is 735 g/mol. The summed E-state index contributed by atoms with van der Waals surface area (Å²) in [7, 11) is 0. The summed E-state index contributed by atoms with van der Waals surface area (Å²) in [6.45, 7) is 9.32. The molecule has 0 atom stereocenters.